The molecule has 0 aliphatic rings. The maximum Gasteiger partial charge on any atom is 0.485 e. The summed E-state index contributed by atoms with van der Waals surface area (Å²) >= 11 is 0. The first-order chi connectivity index (χ1) is 6.31. The van der Waals surface area contributed by atoms with Gasteiger partial charge in [-0.25, -0.2) is 8.42 Å². The molecular formula is C7H16F3NO3S. The Morgan fingerprint density at radius 3 is 1.47 bits per heavy atom. The normalized spacial score (nSPS) is 13.1. The highest BCUT2D eigenvalue weighted by Crippen LogP contribution is 2.20. The minimum Gasteiger partial charge on any atom is -0.741 e. The molecule has 0 radical (unpaired) electrons. The molecule has 0 N–H and O–H groups in total. The summed E-state index contributed by atoms with van der Waals surface area (Å²) in [6, 6.07) is 0. The van der Waals surface area contributed by atoms with Crippen molar-refractivity contribution >= 4 is 10.1 Å². The Balaban J connectivity index is 0. The highest BCUT2D eigenvalue weighted by Gasteiger charge is 2.36. The molecule has 0 aromatic heterocycles. The van der Waals surface area contributed by atoms with E-state index >= 15 is 0 Å². The van der Waals surface area contributed by atoms with E-state index in [4.69, 9.17) is 13.0 Å². The fourth-order valence-corrected chi connectivity index (χ4v) is 0.671. The van der Waals surface area contributed by atoms with Crippen LogP contribution in [0.4, 0.5) is 13.2 Å². The molecule has 0 fully saturated rings. The zero-order valence-corrected chi connectivity index (χ0v) is 9.94. The van der Waals surface area contributed by atoms with Crippen molar-refractivity contribution in [1.29, 1.82) is 0 Å². The maximum atomic E-state index is 10.7. The lowest BCUT2D eigenvalue weighted by Gasteiger charge is -2.22. The van der Waals surface area contributed by atoms with Crippen molar-refractivity contribution in [2.45, 2.75) is 18.9 Å². The van der Waals surface area contributed by atoms with Gasteiger partial charge < -0.3 is 9.04 Å². The number of hydrogen-bond donors (Lipinski definition) is 0. The molecule has 0 atom stereocenters. The van der Waals surface area contributed by atoms with Gasteiger partial charge >= 0.3 is 5.51 Å². The number of quaternary nitrogens is 1. The largest absolute Gasteiger partial charge is 0.741 e. The first-order valence-electron chi connectivity index (χ1n) is 4.14. The van der Waals surface area contributed by atoms with E-state index in [1.807, 2.05) is 0 Å². The van der Waals surface area contributed by atoms with Crippen LogP contribution in [0.5, 0.6) is 0 Å². The van der Waals surface area contributed by atoms with Gasteiger partial charge in [-0.15, -0.1) is 0 Å². The molecule has 0 saturated heterocycles. The summed E-state index contributed by atoms with van der Waals surface area (Å²) in [5, 5.41) is 0. The topological polar surface area (TPSA) is 57.2 Å². The van der Waals surface area contributed by atoms with Gasteiger partial charge in [0.15, 0.2) is 10.1 Å². The molecule has 0 aromatic carbocycles. The van der Waals surface area contributed by atoms with E-state index in [1.54, 1.807) is 0 Å². The molecule has 94 valence electrons. The number of halogens is 3. The van der Waals surface area contributed by atoms with Crippen LogP contribution in [0.15, 0.2) is 0 Å². The molecule has 15 heavy (non-hydrogen) atoms. The van der Waals surface area contributed by atoms with Crippen LogP contribution >= 0.6 is 0 Å². The van der Waals surface area contributed by atoms with Gasteiger partial charge in [-0.3, -0.25) is 0 Å². The van der Waals surface area contributed by atoms with E-state index in [0.717, 1.165) is 4.48 Å². The number of nitrogens with zero attached hydrogens (tertiary/aromatic N) is 1. The van der Waals surface area contributed by atoms with Crippen molar-refractivity contribution in [3.8, 4) is 0 Å². The second-order valence-corrected chi connectivity index (χ2v) is 5.28. The average molecular weight is 251 g/mol. The average Bonchev–Trinajstić information content (AvgIpc) is 1.79. The van der Waals surface area contributed by atoms with Crippen LogP contribution in [-0.2, 0) is 10.1 Å². The zero-order chi connectivity index (χ0) is 12.9. The smallest absolute Gasteiger partial charge is 0.485 e. The maximum absolute atomic E-state index is 10.7. The van der Waals surface area contributed by atoms with Gasteiger partial charge in [-0.05, 0) is 6.42 Å². The summed E-state index contributed by atoms with van der Waals surface area (Å²) in [6.45, 7) is 3.49. The number of rotatable bonds is 2. The standard InChI is InChI=1S/C6H16N.CHF3O3S/c1-5-6-7(2,3)4;2-1(3,4)8(5,6)7/h5-6H2,1-4H3;(H,5,6,7)/q+1;/p-1. The van der Waals surface area contributed by atoms with Crippen molar-refractivity contribution < 1.29 is 30.6 Å². The molecule has 0 aromatic rings. The third-order valence-electron chi connectivity index (χ3n) is 1.18. The highest BCUT2D eigenvalue weighted by atomic mass is 32.2. The third-order valence-corrected chi connectivity index (χ3v) is 1.74. The van der Waals surface area contributed by atoms with Crippen molar-refractivity contribution in [2.75, 3.05) is 27.7 Å². The van der Waals surface area contributed by atoms with Gasteiger partial charge in [0.2, 0.25) is 0 Å². The predicted molar refractivity (Wildman–Crippen MR) is 48.9 cm³/mol. The lowest BCUT2D eigenvalue weighted by Crippen LogP contribution is -2.34. The predicted octanol–water partition coefficient (Wildman–Crippen LogP) is 1.15. The molecule has 0 rings (SSSR count). The first kappa shape index (κ1) is 17.1. The molecule has 4 nitrogen and oxygen atoms in total. The van der Waals surface area contributed by atoms with Crippen LogP contribution in [0.3, 0.4) is 0 Å². The van der Waals surface area contributed by atoms with Crippen LogP contribution in [-0.4, -0.2) is 50.6 Å². The van der Waals surface area contributed by atoms with E-state index in [9.17, 15) is 13.2 Å². The van der Waals surface area contributed by atoms with Crippen LogP contribution < -0.4 is 0 Å². The van der Waals surface area contributed by atoms with Crippen LogP contribution in [0.2, 0.25) is 0 Å². The minimum atomic E-state index is -6.09. The monoisotopic (exact) mass is 251 g/mol. The molecule has 0 bridgehead atoms. The van der Waals surface area contributed by atoms with Crippen LogP contribution in [0, 0.1) is 0 Å². The Hall–Kier alpha value is -0.340. The molecule has 0 aliphatic heterocycles. The number of hydrogen-bond acceptors (Lipinski definition) is 3. The summed E-state index contributed by atoms with van der Waals surface area (Å²) < 4.78 is 60.0. The Morgan fingerprint density at radius 2 is 1.47 bits per heavy atom. The Bertz CT molecular complexity index is 266. The van der Waals surface area contributed by atoms with E-state index in [-0.39, 0.29) is 0 Å². The lowest BCUT2D eigenvalue weighted by molar-refractivity contribution is -0.870. The molecule has 0 aliphatic carbocycles. The highest BCUT2D eigenvalue weighted by molar-refractivity contribution is 7.86. The van der Waals surface area contributed by atoms with Gasteiger partial charge in [-0.2, -0.15) is 13.2 Å². The second kappa shape index (κ2) is 5.66. The zero-order valence-electron chi connectivity index (χ0n) is 9.13. The number of alkyl halides is 3. The van der Waals surface area contributed by atoms with Gasteiger partial charge in [0, 0.05) is 0 Å². The van der Waals surface area contributed by atoms with Crippen LogP contribution in [0.25, 0.3) is 0 Å². The van der Waals surface area contributed by atoms with E-state index in [2.05, 4.69) is 28.1 Å². The van der Waals surface area contributed by atoms with Gasteiger partial charge in [0.05, 0.1) is 27.7 Å². The Kier molecular flexibility index (Phi) is 6.45. The van der Waals surface area contributed by atoms with E-state index < -0.39 is 15.6 Å². The molecule has 0 amide bonds. The van der Waals surface area contributed by atoms with Crippen molar-refractivity contribution in [1.82, 2.24) is 0 Å². The SMILES string of the molecule is CCC[N+](C)(C)C.O=S(=O)([O-])C(F)(F)F. The quantitative estimate of drug-likeness (QED) is 0.420. The summed E-state index contributed by atoms with van der Waals surface area (Å²) in [4.78, 5) is 0. The Morgan fingerprint density at radius 1 is 1.20 bits per heavy atom. The summed E-state index contributed by atoms with van der Waals surface area (Å²) in [5.74, 6) is 0. The second-order valence-electron chi connectivity index (χ2n) is 3.91. The summed E-state index contributed by atoms with van der Waals surface area (Å²) in [6.07, 6.45) is 1.28. The molecular weight excluding hydrogens is 235 g/mol. The molecule has 8 heteroatoms. The lowest BCUT2D eigenvalue weighted by atomic mass is 10.4. The molecule has 0 heterocycles. The van der Waals surface area contributed by atoms with Gasteiger partial charge in [0.25, 0.3) is 0 Å². The van der Waals surface area contributed by atoms with Gasteiger partial charge in [0.1, 0.15) is 0 Å². The van der Waals surface area contributed by atoms with Gasteiger partial charge in [-0.1, -0.05) is 6.92 Å². The first-order valence-corrected chi connectivity index (χ1v) is 5.54. The summed E-state index contributed by atoms with van der Waals surface area (Å²) in [5.41, 5.74) is -5.65. The van der Waals surface area contributed by atoms with E-state index in [1.165, 1.54) is 13.0 Å². The minimum absolute atomic E-state index is 1.09. The summed E-state index contributed by atoms with van der Waals surface area (Å²) in [7, 11) is 0.545. The fourth-order valence-electron chi connectivity index (χ4n) is 0.671. The van der Waals surface area contributed by atoms with Crippen LogP contribution in [0.1, 0.15) is 13.3 Å². The van der Waals surface area contributed by atoms with E-state index in [0.29, 0.717) is 0 Å². The third kappa shape index (κ3) is 11.6. The van der Waals surface area contributed by atoms with Crippen molar-refractivity contribution in [3.05, 3.63) is 0 Å². The molecule has 0 unspecified atom stereocenters. The molecule has 0 saturated carbocycles. The Labute approximate surface area is 88.0 Å². The van der Waals surface area contributed by atoms with Crippen molar-refractivity contribution in [2.24, 2.45) is 0 Å². The fraction of sp³-hybridized carbons (Fsp3) is 1.00. The van der Waals surface area contributed by atoms with Crippen molar-refractivity contribution in [3.63, 3.8) is 0 Å². The molecule has 0 spiro atoms.